The molecule has 20 heavy (non-hydrogen) atoms. The van der Waals surface area contributed by atoms with Gasteiger partial charge in [-0.05, 0) is 30.7 Å². The summed E-state index contributed by atoms with van der Waals surface area (Å²) in [5, 5.41) is 0. The minimum absolute atomic E-state index is 0.0634. The minimum atomic E-state index is -0.360. The molecule has 2 rings (SSSR count). The van der Waals surface area contributed by atoms with Gasteiger partial charge in [0.05, 0.1) is 4.91 Å². The van der Waals surface area contributed by atoms with E-state index in [2.05, 4.69) is 0 Å². The normalized spacial score (nSPS) is 16.9. The van der Waals surface area contributed by atoms with Gasteiger partial charge in [0.2, 0.25) is 0 Å². The Bertz CT molecular complexity index is 593. The highest BCUT2D eigenvalue weighted by atomic mass is 32.2. The molecule has 0 N–H and O–H groups in total. The summed E-state index contributed by atoms with van der Waals surface area (Å²) >= 11 is 6.45. The number of thioether (sulfide) groups is 1. The number of nitrogens with zero attached hydrogens (tertiary/aromatic N) is 1. The van der Waals surface area contributed by atoms with E-state index in [1.807, 2.05) is 6.92 Å². The molecule has 0 spiro atoms. The zero-order chi connectivity index (χ0) is 14.7. The van der Waals surface area contributed by atoms with E-state index in [1.165, 1.54) is 18.7 Å². The van der Waals surface area contributed by atoms with Gasteiger partial charge >= 0.3 is 5.97 Å². The van der Waals surface area contributed by atoms with Gasteiger partial charge in [0.1, 0.15) is 10.1 Å². The molecule has 0 unspecified atom stereocenters. The number of benzene rings is 1. The molecule has 0 atom stereocenters. The van der Waals surface area contributed by atoms with Crippen LogP contribution in [0.25, 0.3) is 6.08 Å². The third-order valence-electron chi connectivity index (χ3n) is 2.63. The molecular formula is C14H13NO3S2. The maximum absolute atomic E-state index is 12.0. The fourth-order valence-electron chi connectivity index (χ4n) is 1.72. The lowest BCUT2D eigenvalue weighted by Gasteiger charge is -2.09. The molecule has 1 saturated heterocycles. The lowest BCUT2D eigenvalue weighted by atomic mass is 10.2. The molecule has 1 aliphatic heterocycles. The zero-order valence-electron chi connectivity index (χ0n) is 11.1. The van der Waals surface area contributed by atoms with E-state index >= 15 is 0 Å². The van der Waals surface area contributed by atoms with Crippen molar-refractivity contribution in [2.45, 2.75) is 13.8 Å². The first-order valence-electron chi connectivity index (χ1n) is 6.05. The molecule has 0 radical (unpaired) electrons. The average molecular weight is 307 g/mol. The molecule has 4 nitrogen and oxygen atoms in total. The second-order valence-electron chi connectivity index (χ2n) is 4.09. The van der Waals surface area contributed by atoms with Crippen LogP contribution >= 0.6 is 24.0 Å². The molecule has 1 aromatic carbocycles. The first-order chi connectivity index (χ1) is 9.51. The third kappa shape index (κ3) is 3.26. The number of hydrogen-bond donors (Lipinski definition) is 0. The van der Waals surface area contributed by atoms with E-state index in [9.17, 15) is 9.59 Å². The third-order valence-corrected chi connectivity index (χ3v) is 4.01. The molecule has 104 valence electrons. The van der Waals surface area contributed by atoms with Crippen LogP contribution in [0.15, 0.2) is 29.2 Å². The van der Waals surface area contributed by atoms with E-state index in [4.69, 9.17) is 17.0 Å². The molecule has 1 aliphatic rings. The van der Waals surface area contributed by atoms with Crippen molar-refractivity contribution in [2.24, 2.45) is 0 Å². The summed E-state index contributed by atoms with van der Waals surface area (Å²) in [5.74, 6) is 0.0592. The highest BCUT2D eigenvalue weighted by molar-refractivity contribution is 8.26. The molecule has 1 fully saturated rings. The summed E-state index contributed by atoms with van der Waals surface area (Å²) in [6, 6.07) is 6.95. The molecule has 0 bridgehead atoms. The van der Waals surface area contributed by atoms with Crippen molar-refractivity contribution < 1.29 is 14.3 Å². The van der Waals surface area contributed by atoms with E-state index in [0.717, 1.165) is 5.56 Å². The van der Waals surface area contributed by atoms with Crippen molar-refractivity contribution >= 4 is 46.3 Å². The lowest BCUT2D eigenvalue weighted by molar-refractivity contribution is -0.131. The Kier molecular flexibility index (Phi) is 4.57. The van der Waals surface area contributed by atoms with Gasteiger partial charge in [-0.15, -0.1) is 0 Å². The van der Waals surface area contributed by atoms with Crippen LogP contribution < -0.4 is 4.74 Å². The van der Waals surface area contributed by atoms with Crippen LogP contribution in [0.4, 0.5) is 0 Å². The molecule has 1 aromatic rings. The highest BCUT2D eigenvalue weighted by Crippen LogP contribution is 2.32. The monoisotopic (exact) mass is 307 g/mol. The molecule has 6 heteroatoms. The van der Waals surface area contributed by atoms with E-state index < -0.39 is 0 Å². The Morgan fingerprint density at radius 3 is 2.55 bits per heavy atom. The van der Waals surface area contributed by atoms with Gasteiger partial charge in [0.15, 0.2) is 0 Å². The summed E-state index contributed by atoms with van der Waals surface area (Å²) in [4.78, 5) is 25.0. The molecule has 0 aromatic heterocycles. The SMILES string of the molecule is CCN1C(=O)/C(=C/c2ccc(OC(C)=O)cc2)SC1=S. The molecule has 0 saturated carbocycles. The summed E-state index contributed by atoms with van der Waals surface area (Å²) in [7, 11) is 0. The van der Waals surface area contributed by atoms with Gasteiger partial charge in [0, 0.05) is 13.5 Å². The first-order valence-corrected chi connectivity index (χ1v) is 7.27. The van der Waals surface area contributed by atoms with Crippen LogP contribution in [-0.4, -0.2) is 27.6 Å². The van der Waals surface area contributed by atoms with Crippen molar-refractivity contribution in [1.82, 2.24) is 4.90 Å². The summed E-state index contributed by atoms with van der Waals surface area (Å²) in [6.07, 6.45) is 1.78. The van der Waals surface area contributed by atoms with E-state index in [1.54, 1.807) is 35.2 Å². The fourth-order valence-corrected chi connectivity index (χ4v) is 3.11. The first kappa shape index (κ1) is 14.7. The van der Waals surface area contributed by atoms with Crippen molar-refractivity contribution in [2.75, 3.05) is 6.54 Å². The van der Waals surface area contributed by atoms with E-state index in [0.29, 0.717) is 21.5 Å². The van der Waals surface area contributed by atoms with Crippen LogP contribution in [0.3, 0.4) is 0 Å². The number of rotatable bonds is 3. The van der Waals surface area contributed by atoms with Gasteiger partial charge in [0.25, 0.3) is 5.91 Å². The Hall–Kier alpha value is -1.66. The Morgan fingerprint density at radius 1 is 1.40 bits per heavy atom. The smallest absolute Gasteiger partial charge is 0.308 e. The highest BCUT2D eigenvalue weighted by Gasteiger charge is 2.30. The zero-order valence-corrected chi connectivity index (χ0v) is 12.7. The topological polar surface area (TPSA) is 46.6 Å². The van der Waals surface area contributed by atoms with Gasteiger partial charge in [-0.1, -0.05) is 36.1 Å². The molecule has 1 amide bonds. The van der Waals surface area contributed by atoms with Crippen LogP contribution in [-0.2, 0) is 9.59 Å². The lowest BCUT2D eigenvalue weighted by Crippen LogP contribution is -2.27. The van der Waals surface area contributed by atoms with Crippen LogP contribution in [0, 0.1) is 0 Å². The van der Waals surface area contributed by atoms with Crippen LogP contribution in [0.5, 0.6) is 5.75 Å². The molecule has 1 heterocycles. The van der Waals surface area contributed by atoms with Gasteiger partial charge < -0.3 is 4.74 Å². The Morgan fingerprint density at radius 2 is 2.05 bits per heavy atom. The number of hydrogen-bond acceptors (Lipinski definition) is 5. The largest absolute Gasteiger partial charge is 0.427 e. The summed E-state index contributed by atoms with van der Waals surface area (Å²) in [6.45, 7) is 3.82. The summed E-state index contributed by atoms with van der Waals surface area (Å²) < 4.78 is 5.53. The number of amides is 1. The maximum atomic E-state index is 12.0. The van der Waals surface area contributed by atoms with Crippen molar-refractivity contribution in [1.29, 1.82) is 0 Å². The predicted molar refractivity (Wildman–Crippen MR) is 83.3 cm³/mol. The number of likely N-dealkylation sites (N-methyl/N-ethyl adjacent to an activating group) is 1. The number of ether oxygens (including phenoxy) is 1. The maximum Gasteiger partial charge on any atom is 0.308 e. The number of carbonyl (C=O) groups excluding carboxylic acids is 2. The second kappa shape index (κ2) is 6.19. The van der Waals surface area contributed by atoms with Crippen LogP contribution in [0.2, 0.25) is 0 Å². The van der Waals surface area contributed by atoms with Crippen molar-refractivity contribution in [3.63, 3.8) is 0 Å². The van der Waals surface area contributed by atoms with Gasteiger partial charge in [-0.2, -0.15) is 0 Å². The van der Waals surface area contributed by atoms with E-state index in [-0.39, 0.29) is 11.9 Å². The number of thiocarbonyl (C=S) groups is 1. The van der Waals surface area contributed by atoms with Crippen molar-refractivity contribution in [3.8, 4) is 5.75 Å². The molecular weight excluding hydrogens is 294 g/mol. The Labute approximate surface area is 126 Å². The second-order valence-corrected chi connectivity index (χ2v) is 5.76. The van der Waals surface area contributed by atoms with Gasteiger partial charge in [-0.3, -0.25) is 14.5 Å². The average Bonchev–Trinajstić information content (AvgIpc) is 2.66. The quantitative estimate of drug-likeness (QED) is 0.372. The molecule has 0 aliphatic carbocycles. The standard InChI is InChI=1S/C14H13NO3S2/c1-3-15-13(17)12(20-14(15)19)8-10-4-6-11(7-5-10)18-9(2)16/h4-8H,3H2,1-2H3/b12-8-. The summed E-state index contributed by atoms with van der Waals surface area (Å²) in [5.41, 5.74) is 0.859. The number of carbonyl (C=O) groups is 2. The predicted octanol–water partition coefficient (Wildman–Crippen LogP) is 2.83. The van der Waals surface area contributed by atoms with Crippen LogP contribution in [0.1, 0.15) is 19.4 Å². The Balaban J connectivity index is 2.17. The fraction of sp³-hybridized carbons (Fsp3) is 0.214. The minimum Gasteiger partial charge on any atom is -0.427 e. The number of esters is 1. The van der Waals surface area contributed by atoms with Crippen molar-refractivity contribution in [3.05, 3.63) is 34.7 Å². The van der Waals surface area contributed by atoms with Gasteiger partial charge in [-0.25, -0.2) is 0 Å².